The monoisotopic (exact) mass is 504 g/mol. The number of nitrogens with zero attached hydrogens (tertiary/aromatic N) is 1. The third kappa shape index (κ3) is 7.44. The normalized spacial score (nSPS) is 14.4. The maximum atomic E-state index is 14.7. The molecule has 1 saturated carbocycles. The van der Waals surface area contributed by atoms with Crippen LogP contribution in [0.25, 0.3) is 0 Å². The standard InChI is InChI=1S/C30H33FN2O2S/c31-27-18-10-7-15-25(27)20-33(29(34)22-36-21-24-13-5-2-6-14-24)28(19-23-11-3-1-4-12-23)30(35)32-26-16-8-9-17-26/h1-7,10-15,18,26,28H,8-9,16-17,19-22H2,(H,32,35). The molecule has 1 N–H and O–H groups in total. The van der Waals surface area contributed by atoms with E-state index in [0.29, 0.717) is 17.7 Å². The van der Waals surface area contributed by atoms with Crippen LogP contribution in [0.3, 0.4) is 0 Å². The van der Waals surface area contributed by atoms with Crippen molar-refractivity contribution < 1.29 is 14.0 Å². The van der Waals surface area contributed by atoms with E-state index in [1.54, 1.807) is 23.1 Å². The van der Waals surface area contributed by atoms with Gasteiger partial charge in [-0.3, -0.25) is 9.59 Å². The van der Waals surface area contributed by atoms with Crippen molar-refractivity contribution in [1.29, 1.82) is 0 Å². The van der Waals surface area contributed by atoms with E-state index < -0.39 is 6.04 Å². The minimum absolute atomic E-state index is 0.0486. The Balaban J connectivity index is 1.57. The van der Waals surface area contributed by atoms with Gasteiger partial charge in [0.15, 0.2) is 0 Å². The van der Waals surface area contributed by atoms with Gasteiger partial charge >= 0.3 is 0 Å². The summed E-state index contributed by atoms with van der Waals surface area (Å²) >= 11 is 1.51. The lowest BCUT2D eigenvalue weighted by atomic mass is 10.0. The minimum Gasteiger partial charge on any atom is -0.352 e. The number of hydrogen-bond donors (Lipinski definition) is 1. The fraction of sp³-hybridized carbons (Fsp3) is 0.333. The molecule has 1 atom stereocenters. The van der Waals surface area contributed by atoms with Crippen molar-refractivity contribution in [3.05, 3.63) is 107 Å². The number of carbonyl (C=O) groups is 2. The number of carbonyl (C=O) groups excluding carboxylic acids is 2. The summed E-state index contributed by atoms with van der Waals surface area (Å²) in [4.78, 5) is 28.8. The van der Waals surface area contributed by atoms with Crippen LogP contribution in [0.4, 0.5) is 4.39 Å². The first kappa shape index (κ1) is 26.0. The van der Waals surface area contributed by atoms with Crippen molar-refractivity contribution in [3.8, 4) is 0 Å². The molecular formula is C30H33FN2O2S. The fourth-order valence-corrected chi connectivity index (χ4v) is 5.52. The molecule has 0 heterocycles. The molecule has 0 aliphatic heterocycles. The van der Waals surface area contributed by atoms with Gasteiger partial charge in [0.1, 0.15) is 11.9 Å². The zero-order valence-corrected chi connectivity index (χ0v) is 21.3. The molecule has 4 rings (SSSR count). The van der Waals surface area contributed by atoms with E-state index in [2.05, 4.69) is 5.32 Å². The number of rotatable bonds is 11. The molecule has 2 amide bonds. The summed E-state index contributed by atoms with van der Waals surface area (Å²) < 4.78 is 14.7. The highest BCUT2D eigenvalue weighted by Gasteiger charge is 2.32. The van der Waals surface area contributed by atoms with E-state index >= 15 is 0 Å². The van der Waals surface area contributed by atoms with Crippen LogP contribution < -0.4 is 5.32 Å². The van der Waals surface area contributed by atoms with Gasteiger partial charge in [-0.1, -0.05) is 91.7 Å². The van der Waals surface area contributed by atoms with Crippen LogP contribution in [0.1, 0.15) is 42.4 Å². The molecule has 4 nitrogen and oxygen atoms in total. The summed E-state index contributed by atoms with van der Waals surface area (Å²) in [5.74, 6) is 0.204. The summed E-state index contributed by atoms with van der Waals surface area (Å²) in [5, 5.41) is 3.18. The molecule has 0 bridgehead atoms. The molecule has 1 fully saturated rings. The van der Waals surface area contributed by atoms with Crippen LogP contribution in [0, 0.1) is 5.82 Å². The predicted octanol–water partition coefficient (Wildman–Crippen LogP) is 5.76. The van der Waals surface area contributed by atoms with Gasteiger partial charge in [0.2, 0.25) is 11.8 Å². The number of halogens is 1. The average molecular weight is 505 g/mol. The molecule has 0 radical (unpaired) electrons. The lowest BCUT2D eigenvalue weighted by molar-refractivity contribution is -0.139. The number of benzene rings is 3. The highest BCUT2D eigenvalue weighted by atomic mass is 32.2. The third-order valence-electron chi connectivity index (χ3n) is 6.61. The van der Waals surface area contributed by atoms with E-state index in [0.717, 1.165) is 36.8 Å². The predicted molar refractivity (Wildman–Crippen MR) is 144 cm³/mol. The highest BCUT2D eigenvalue weighted by Crippen LogP contribution is 2.22. The SMILES string of the molecule is O=C(NC1CCCC1)C(Cc1ccccc1)N(Cc1ccccc1F)C(=O)CSCc1ccccc1. The topological polar surface area (TPSA) is 49.4 Å². The van der Waals surface area contributed by atoms with Gasteiger partial charge in [-0.05, 0) is 30.0 Å². The van der Waals surface area contributed by atoms with Crippen LogP contribution >= 0.6 is 11.8 Å². The van der Waals surface area contributed by atoms with E-state index in [4.69, 9.17) is 0 Å². The third-order valence-corrected chi connectivity index (χ3v) is 7.60. The first-order chi connectivity index (χ1) is 17.6. The Hall–Kier alpha value is -3.12. The lowest BCUT2D eigenvalue weighted by Gasteiger charge is -2.32. The van der Waals surface area contributed by atoms with Crippen LogP contribution in [0.5, 0.6) is 0 Å². The molecule has 188 valence electrons. The van der Waals surface area contributed by atoms with E-state index in [1.165, 1.54) is 17.8 Å². The number of amides is 2. The smallest absolute Gasteiger partial charge is 0.243 e. The van der Waals surface area contributed by atoms with Gasteiger partial charge in [-0.2, -0.15) is 0 Å². The fourth-order valence-electron chi connectivity index (χ4n) is 4.64. The second-order valence-corrected chi connectivity index (χ2v) is 10.3. The molecule has 6 heteroatoms. The molecule has 1 unspecified atom stereocenters. The Morgan fingerprint density at radius 1 is 0.889 bits per heavy atom. The molecular weight excluding hydrogens is 471 g/mol. The zero-order valence-electron chi connectivity index (χ0n) is 20.4. The van der Waals surface area contributed by atoms with E-state index in [9.17, 15) is 14.0 Å². The highest BCUT2D eigenvalue weighted by molar-refractivity contribution is 7.99. The van der Waals surface area contributed by atoms with Crippen molar-refractivity contribution in [2.75, 3.05) is 5.75 Å². The van der Waals surface area contributed by atoms with E-state index in [1.807, 2.05) is 60.7 Å². The molecule has 1 aliphatic rings. The molecule has 0 aromatic heterocycles. The quantitative estimate of drug-likeness (QED) is 0.361. The van der Waals surface area contributed by atoms with Gasteiger partial charge in [0, 0.05) is 30.3 Å². The summed E-state index contributed by atoms with van der Waals surface area (Å²) in [7, 11) is 0. The van der Waals surface area contributed by atoms with Crippen LogP contribution in [0.15, 0.2) is 84.9 Å². The van der Waals surface area contributed by atoms with Gasteiger partial charge in [0.25, 0.3) is 0 Å². The second-order valence-electron chi connectivity index (χ2n) is 9.29. The second kappa shape index (κ2) is 13.3. The van der Waals surface area contributed by atoms with Crippen molar-refractivity contribution >= 4 is 23.6 Å². The van der Waals surface area contributed by atoms with Crippen molar-refractivity contribution in [3.63, 3.8) is 0 Å². The Bertz CT molecular complexity index is 1120. The Labute approximate surface area is 217 Å². The van der Waals surface area contributed by atoms with Crippen LogP contribution in [-0.4, -0.2) is 34.6 Å². The molecule has 0 saturated heterocycles. The van der Waals surface area contributed by atoms with Gasteiger partial charge in [-0.25, -0.2) is 4.39 Å². The molecule has 3 aromatic rings. The van der Waals surface area contributed by atoms with Crippen molar-refractivity contribution in [1.82, 2.24) is 10.2 Å². The number of thioether (sulfide) groups is 1. The first-order valence-electron chi connectivity index (χ1n) is 12.6. The minimum atomic E-state index is -0.725. The van der Waals surface area contributed by atoms with Gasteiger partial charge in [0.05, 0.1) is 5.75 Å². The zero-order chi connectivity index (χ0) is 25.2. The Kier molecular flexibility index (Phi) is 9.56. The lowest BCUT2D eigenvalue weighted by Crippen LogP contribution is -2.52. The van der Waals surface area contributed by atoms with Crippen LogP contribution in [-0.2, 0) is 28.3 Å². The maximum Gasteiger partial charge on any atom is 0.243 e. The summed E-state index contributed by atoms with van der Waals surface area (Å²) in [6, 6.07) is 25.6. The molecule has 1 aliphatic carbocycles. The molecule has 36 heavy (non-hydrogen) atoms. The van der Waals surface area contributed by atoms with Crippen molar-refractivity contribution in [2.45, 2.75) is 56.5 Å². The van der Waals surface area contributed by atoms with Crippen molar-refractivity contribution in [2.24, 2.45) is 0 Å². The largest absolute Gasteiger partial charge is 0.352 e. The maximum absolute atomic E-state index is 14.7. The van der Waals surface area contributed by atoms with E-state index in [-0.39, 0.29) is 36.0 Å². The average Bonchev–Trinajstić information content (AvgIpc) is 3.41. The Morgan fingerprint density at radius 3 is 2.17 bits per heavy atom. The first-order valence-corrected chi connectivity index (χ1v) is 13.7. The molecule has 3 aromatic carbocycles. The summed E-state index contributed by atoms with van der Waals surface area (Å²) in [6.07, 6.45) is 4.49. The summed E-state index contributed by atoms with van der Waals surface area (Å²) in [6.45, 7) is 0.0486. The summed E-state index contributed by atoms with van der Waals surface area (Å²) in [5.41, 5.74) is 2.51. The number of nitrogens with one attached hydrogen (secondary N) is 1. The van der Waals surface area contributed by atoms with Crippen LogP contribution in [0.2, 0.25) is 0 Å². The number of hydrogen-bond acceptors (Lipinski definition) is 3. The Morgan fingerprint density at radius 2 is 1.50 bits per heavy atom. The van der Waals surface area contributed by atoms with Gasteiger partial charge < -0.3 is 10.2 Å². The molecule has 0 spiro atoms. The van der Waals surface area contributed by atoms with Gasteiger partial charge in [-0.15, -0.1) is 11.8 Å².